The van der Waals surface area contributed by atoms with Gasteiger partial charge in [-0.15, -0.1) is 0 Å². The van der Waals surface area contributed by atoms with Gasteiger partial charge in [0.2, 0.25) is 0 Å². The van der Waals surface area contributed by atoms with Crippen LogP contribution >= 0.6 is 0 Å². The molecule has 0 aromatic carbocycles. The molecule has 6 nitrogen and oxygen atoms in total. The lowest BCUT2D eigenvalue weighted by Crippen LogP contribution is -2.02. The Morgan fingerprint density at radius 1 is 1.43 bits per heavy atom. The maximum absolute atomic E-state index is 5.45. The van der Waals surface area contributed by atoms with Crippen LogP contribution in [0.2, 0.25) is 0 Å². The van der Waals surface area contributed by atoms with Gasteiger partial charge in [0.1, 0.15) is 5.69 Å². The van der Waals surface area contributed by atoms with Gasteiger partial charge in [0.05, 0.1) is 12.3 Å². The first-order valence-electron chi connectivity index (χ1n) is 7.65. The summed E-state index contributed by atoms with van der Waals surface area (Å²) in [5.41, 5.74) is 1.98. The quantitative estimate of drug-likeness (QED) is 0.847. The smallest absolute Gasteiger partial charge is 0.276 e. The molecule has 21 heavy (non-hydrogen) atoms. The molecule has 1 atom stereocenters. The van der Waals surface area contributed by atoms with Crippen molar-refractivity contribution < 1.29 is 9.26 Å². The summed E-state index contributed by atoms with van der Waals surface area (Å²) in [4.78, 5) is 4.54. The zero-order chi connectivity index (χ0) is 14.8. The van der Waals surface area contributed by atoms with Crippen molar-refractivity contribution in [2.24, 2.45) is 5.92 Å². The summed E-state index contributed by atoms with van der Waals surface area (Å²) in [6.45, 7) is 8.70. The maximum Gasteiger partial charge on any atom is 0.276 e. The second-order valence-corrected chi connectivity index (χ2v) is 5.95. The lowest BCUT2D eigenvalue weighted by molar-refractivity contribution is 0.192. The maximum atomic E-state index is 5.45. The third-order valence-corrected chi connectivity index (χ3v) is 3.70. The zero-order valence-corrected chi connectivity index (χ0v) is 12.9. The van der Waals surface area contributed by atoms with Crippen molar-refractivity contribution in [3.05, 3.63) is 17.6 Å². The van der Waals surface area contributed by atoms with Crippen LogP contribution in [0.4, 0.5) is 0 Å². The summed E-state index contributed by atoms with van der Waals surface area (Å²) in [5.74, 6) is 2.14. The van der Waals surface area contributed by atoms with E-state index in [4.69, 9.17) is 9.26 Å². The number of nitrogens with zero attached hydrogens (tertiary/aromatic N) is 4. The van der Waals surface area contributed by atoms with Gasteiger partial charge in [0.25, 0.3) is 5.89 Å². The van der Waals surface area contributed by atoms with Gasteiger partial charge >= 0.3 is 0 Å². The first kappa shape index (κ1) is 14.3. The van der Waals surface area contributed by atoms with Gasteiger partial charge in [-0.05, 0) is 31.7 Å². The highest BCUT2D eigenvalue weighted by Crippen LogP contribution is 2.26. The number of aromatic nitrogens is 4. The fourth-order valence-electron chi connectivity index (χ4n) is 2.64. The van der Waals surface area contributed by atoms with Crippen molar-refractivity contribution in [2.75, 3.05) is 13.2 Å². The van der Waals surface area contributed by atoms with Crippen molar-refractivity contribution in [1.82, 2.24) is 19.9 Å². The highest BCUT2D eigenvalue weighted by Gasteiger charge is 2.24. The number of hydrogen-bond acceptors (Lipinski definition) is 5. The van der Waals surface area contributed by atoms with Crippen LogP contribution in [-0.4, -0.2) is 33.1 Å². The Morgan fingerprint density at radius 2 is 2.29 bits per heavy atom. The largest absolute Gasteiger partial charge is 0.381 e. The minimum atomic E-state index is 0.260. The molecule has 1 saturated heterocycles. The predicted molar refractivity (Wildman–Crippen MR) is 77.9 cm³/mol. The Labute approximate surface area is 124 Å². The van der Waals surface area contributed by atoms with Gasteiger partial charge < -0.3 is 9.26 Å². The van der Waals surface area contributed by atoms with Crippen molar-refractivity contribution >= 4 is 0 Å². The van der Waals surface area contributed by atoms with Crippen LogP contribution in [-0.2, 0) is 17.7 Å². The molecular formula is C15H22N4O2. The van der Waals surface area contributed by atoms with E-state index in [-0.39, 0.29) is 5.92 Å². The first-order chi connectivity index (χ1) is 10.2. The number of hydrogen-bond donors (Lipinski definition) is 0. The number of rotatable bonds is 5. The molecule has 0 radical (unpaired) electrons. The second-order valence-electron chi connectivity index (χ2n) is 5.95. The van der Waals surface area contributed by atoms with Crippen molar-refractivity contribution in [3.8, 4) is 11.6 Å². The SMILES string of the molecule is CCn1nc(CC(C)C)cc1-c1nc(C2CCOC2)no1. The molecule has 0 bridgehead atoms. The fraction of sp³-hybridized carbons (Fsp3) is 0.667. The van der Waals surface area contributed by atoms with E-state index in [1.54, 1.807) is 0 Å². The van der Waals surface area contributed by atoms with Crippen LogP contribution in [0.3, 0.4) is 0 Å². The van der Waals surface area contributed by atoms with Gasteiger partial charge in [-0.2, -0.15) is 10.1 Å². The summed E-state index contributed by atoms with van der Waals surface area (Å²) in [6.07, 6.45) is 1.92. The van der Waals surface area contributed by atoms with E-state index in [1.807, 2.05) is 4.68 Å². The Kier molecular flexibility index (Phi) is 4.05. The van der Waals surface area contributed by atoms with Crippen LogP contribution in [0, 0.1) is 5.92 Å². The van der Waals surface area contributed by atoms with Crippen LogP contribution in [0.5, 0.6) is 0 Å². The Hall–Kier alpha value is -1.69. The highest BCUT2D eigenvalue weighted by atomic mass is 16.5. The lowest BCUT2D eigenvalue weighted by Gasteiger charge is -2.00. The topological polar surface area (TPSA) is 66.0 Å². The molecule has 1 fully saturated rings. The van der Waals surface area contributed by atoms with E-state index < -0.39 is 0 Å². The lowest BCUT2D eigenvalue weighted by atomic mass is 10.1. The molecule has 1 aliphatic rings. The Bertz CT molecular complexity index is 597. The van der Waals surface area contributed by atoms with Gasteiger partial charge in [-0.1, -0.05) is 19.0 Å². The first-order valence-corrected chi connectivity index (χ1v) is 7.65. The fourth-order valence-corrected chi connectivity index (χ4v) is 2.64. The third kappa shape index (κ3) is 3.00. The molecular weight excluding hydrogens is 268 g/mol. The minimum Gasteiger partial charge on any atom is -0.381 e. The predicted octanol–water partition coefficient (Wildman–Crippen LogP) is 2.66. The van der Waals surface area contributed by atoms with Gasteiger partial charge in [-0.3, -0.25) is 4.68 Å². The molecule has 1 unspecified atom stereocenters. The molecule has 0 spiro atoms. The van der Waals surface area contributed by atoms with Crippen molar-refractivity contribution in [3.63, 3.8) is 0 Å². The second kappa shape index (κ2) is 5.97. The summed E-state index contributed by atoms with van der Waals surface area (Å²) in [5, 5.41) is 8.73. The van der Waals surface area contributed by atoms with E-state index in [0.29, 0.717) is 18.4 Å². The Balaban J connectivity index is 1.86. The minimum absolute atomic E-state index is 0.260. The van der Waals surface area contributed by atoms with E-state index >= 15 is 0 Å². The van der Waals surface area contributed by atoms with Crippen LogP contribution in [0.1, 0.15) is 44.6 Å². The molecule has 0 saturated carbocycles. The molecule has 2 aromatic rings. The van der Waals surface area contributed by atoms with Gasteiger partial charge in [-0.25, -0.2) is 0 Å². The van der Waals surface area contributed by atoms with Crippen LogP contribution < -0.4 is 0 Å². The Morgan fingerprint density at radius 3 is 2.95 bits per heavy atom. The molecule has 114 valence electrons. The van der Waals surface area contributed by atoms with Gasteiger partial charge in [0, 0.05) is 19.1 Å². The van der Waals surface area contributed by atoms with E-state index in [9.17, 15) is 0 Å². The average Bonchev–Trinajstić information content (AvgIpc) is 3.17. The van der Waals surface area contributed by atoms with Crippen molar-refractivity contribution in [2.45, 2.75) is 46.1 Å². The molecule has 3 rings (SSSR count). The monoisotopic (exact) mass is 290 g/mol. The summed E-state index contributed by atoms with van der Waals surface area (Å²) in [7, 11) is 0. The molecule has 1 aliphatic heterocycles. The summed E-state index contributed by atoms with van der Waals surface area (Å²) in [6, 6.07) is 2.06. The normalized spacial score (nSPS) is 18.8. The zero-order valence-electron chi connectivity index (χ0n) is 12.9. The third-order valence-electron chi connectivity index (χ3n) is 3.70. The average molecular weight is 290 g/mol. The van der Waals surface area contributed by atoms with Crippen LogP contribution in [0.25, 0.3) is 11.6 Å². The number of aryl methyl sites for hydroxylation is 1. The van der Waals surface area contributed by atoms with Crippen LogP contribution in [0.15, 0.2) is 10.6 Å². The molecule has 0 aliphatic carbocycles. The highest BCUT2D eigenvalue weighted by molar-refractivity contribution is 5.48. The van der Waals surface area contributed by atoms with Crippen molar-refractivity contribution in [1.29, 1.82) is 0 Å². The van der Waals surface area contributed by atoms with Gasteiger partial charge in [0.15, 0.2) is 5.82 Å². The molecule has 6 heteroatoms. The molecule has 0 N–H and O–H groups in total. The van der Waals surface area contributed by atoms with E-state index in [1.165, 1.54) is 0 Å². The van der Waals surface area contributed by atoms with E-state index in [2.05, 4.69) is 42.1 Å². The van der Waals surface area contributed by atoms with E-state index in [0.717, 1.165) is 43.2 Å². The number of ether oxygens (including phenoxy) is 1. The summed E-state index contributed by atoms with van der Waals surface area (Å²) >= 11 is 0. The molecule has 2 aromatic heterocycles. The molecule has 3 heterocycles. The standard InChI is InChI=1S/C15H22N4O2/c1-4-19-13(8-12(17-19)7-10(2)3)15-16-14(18-21-15)11-5-6-20-9-11/h8,10-11H,4-7,9H2,1-3H3. The molecule has 0 amide bonds. The summed E-state index contributed by atoms with van der Waals surface area (Å²) < 4.78 is 12.8.